The van der Waals surface area contributed by atoms with Crippen molar-refractivity contribution in [2.24, 2.45) is 0 Å². The van der Waals surface area contributed by atoms with Crippen LogP contribution < -0.4 is 4.74 Å². The van der Waals surface area contributed by atoms with Crippen LogP contribution in [0.25, 0.3) is 0 Å². The van der Waals surface area contributed by atoms with E-state index >= 15 is 0 Å². The molecule has 114 valence electrons. The molecule has 0 radical (unpaired) electrons. The number of Topliss-reactive ketones (excluding diaryl/α,β-unsaturated/α-hetero) is 1. The molecule has 1 N–H and O–H groups in total. The molecule has 0 bridgehead atoms. The van der Waals surface area contributed by atoms with Crippen molar-refractivity contribution in [3.8, 4) is 11.5 Å². The molecule has 0 saturated heterocycles. The molecule has 2 rings (SSSR count). The van der Waals surface area contributed by atoms with Gasteiger partial charge in [-0.15, -0.1) is 0 Å². The summed E-state index contributed by atoms with van der Waals surface area (Å²) >= 11 is 0. The minimum atomic E-state index is -0.375. The van der Waals surface area contributed by atoms with E-state index in [1.165, 1.54) is 19.1 Å². The average Bonchev–Trinajstić information content (AvgIpc) is 2.49. The zero-order chi connectivity index (χ0) is 16.1. The van der Waals surface area contributed by atoms with Gasteiger partial charge in [0.15, 0.2) is 5.78 Å². The predicted molar refractivity (Wildman–Crippen MR) is 83.2 cm³/mol. The maximum Gasteiger partial charge on any atom is 0.308 e. The molecule has 0 spiro atoms. The van der Waals surface area contributed by atoms with E-state index in [-0.39, 0.29) is 23.4 Å². The lowest BCUT2D eigenvalue weighted by Gasteiger charge is -2.15. The van der Waals surface area contributed by atoms with Crippen LogP contribution in [0.4, 0.5) is 0 Å². The lowest BCUT2D eigenvalue weighted by atomic mass is 9.88. The van der Waals surface area contributed by atoms with Crippen molar-refractivity contribution in [2.75, 3.05) is 0 Å². The molecule has 0 fully saturated rings. The maximum atomic E-state index is 12.6. The highest BCUT2D eigenvalue weighted by Gasteiger charge is 2.20. The fourth-order valence-corrected chi connectivity index (χ4v) is 2.33. The molecule has 0 aromatic heterocycles. The molecule has 0 saturated carbocycles. The van der Waals surface area contributed by atoms with E-state index in [1.54, 1.807) is 36.4 Å². The Labute approximate surface area is 129 Å². The van der Waals surface area contributed by atoms with Crippen molar-refractivity contribution in [1.29, 1.82) is 0 Å². The molecule has 22 heavy (non-hydrogen) atoms. The second kappa shape index (κ2) is 6.89. The topological polar surface area (TPSA) is 63.6 Å². The Morgan fingerprint density at radius 2 is 1.64 bits per heavy atom. The summed E-state index contributed by atoms with van der Waals surface area (Å²) in [5.41, 5.74) is 1.44. The number of benzene rings is 2. The maximum absolute atomic E-state index is 12.6. The number of ether oxygens (including phenoxy) is 1. The molecule has 2 aromatic carbocycles. The molecular formula is C18H18O4. The van der Waals surface area contributed by atoms with Crippen molar-refractivity contribution in [2.45, 2.75) is 26.2 Å². The lowest BCUT2D eigenvalue weighted by molar-refractivity contribution is -0.131. The number of aromatic hydroxyl groups is 1. The summed E-state index contributed by atoms with van der Waals surface area (Å²) in [6.07, 6.45) is 0.659. The number of carbonyl (C=O) groups excluding carboxylic acids is 2. The highest BCUT2D eigenvalue weighted by atomic mass is 16.5. The number of carbonyl (C=O) groups is 2. The summed E-state index contributed by atoms with van der Waals surface area (Å²) in [6, 6.07) is 13.2. The van der Waals surface area contributed by atoms with E-state index in [9.17, 15) is 14.7 Å². The van der Waals surface area contributed by atoms with Crippen molar-refractivity contribution in [3.63, 3.8) is 0 Å². The highest BCUT2D eigenvalue weighted by Crippen LogP contribution is 2.26. The van der Waals surface area contributed by atoms with Gasteiger partial charge in [-0.05, 0) is 48.4 Å². The largest absolute Gasteiger partial charge is 0.508 e. The normalized spacial score (nSPS) is 11.7. The Morgan fingerprint density at radius 1 is 1.05 bits per heavy atom. The van der Waals surface area contributed by atoms with Crippen LogP contribution in [0, 0.1) is 0 Å². The predicted octanol–water partition coefficient (Wildman–Crippen LogP) is 3.69. The average molecular weight is 298 g/mol. The van der Waals surface area contributed by atoms with Gasteiger partial charge in [-0.3, -0.25) is 9.59 Å². The lowest BCUT2D eigenvalue weighted by Crippen LogP contribution is -2.12. The summed E-state index contributed by atoms with van der Waals surface area (Å²) in [6.45, 7) is 3.29. The number of hydrogen-bond acceptors (Lipinski definition) is 4. The van der Waals surface area contributed by atoms with Crippen LogP contribution >= 0.6 is 0 Å². The molecule has 0 aliphatic heterocycles. The first-order chi connectivity index (χ1) is 10.5. The van der Waals surface area contributed by atoms with Gasteiger partial charge < -0.3 is 9.84 Å². The third-order valence-corrected chi connectivity index (χ3v) is 3.42. The van der Waals surface area contributed by atoms with Crippen LogP contribution in [-0.4, -0.2) is 16.9 Å². The Morgan fingerprint density at radius 3 is 2.14 bits per heavy atom. The first kappa shape index (κ1) is 15.8. The summed E-state index contributed by atoms with van der Waals surface area (Å²) in [7, 11) is 0. The molecule has 0 amide bonds. The summed E-state index contributed by atoms with van der Waals surface area (Å²) in [4.78, 5) is 23.5. The van der Waals surface area contributed by atoms with Gasteiger partial charge in [-0.25, -0.2) is 0 Å². The van der Waals surface area contributed by atoms with Crippen molar-refractivity contribution in [3.05, 3.63) is 59.7 Å². The van der Waals surface area contributed by atoms with E-state index < -0.39 is 0 Å². The van der Waals surface area contributed by atoms with Crippen LogP contribution in [0.1, 0.15) is 42.1 Å². The highest BCUT2D eigenvalue weighted by molar-refractivity contribution is 6.01. The molecular weight excluding hydrogens is 280 g/mol. The van der Waals surface area contributed by atoms with Crippen molar-refractivity contribution < 1.29 is 19.4 Å². The molecule has 4 heteroatoms. The van der Waals surface area contributed by atoms with Crippen LogP contribution in [0.3, 0.4) is 0 Å². The second-order valence-corrected chi connectivity index (χ2v) is 5.03. The third-order valence-electron chi connectivity index (χ3n) is 3.42. The number of rotatable bonds is 5. The van der Waals surface area contributed by atoms with Gasteiger partial charge in [0.1, 0.15) is 11.5 Å². The molecule has 1 atom stereocenters. The number of phenolic OH excluding ortho intramolecular Hbond substituents is 1. The molecule has 1 unspecified atom stereocenters. The Bertz CT molecular complexity index is 656. The summed E-state index contributed by atoms with van der Waals surface area (Å²) in [5.74, 6) is -0.0443. The quantitative estimate of drug-likeness (QED) is 0.519. The number of esters is 1. The van der Waals surface area contributed by atoms with Crippen LogP contribution in [0.15, 0.2) is 48.5 Å². The van der Waals surface area contributed by atoms with E-state index in [1.807, 2.05) is 6.92 Å². The molecule has 0 heterocycles. The second-order valence-electron chi connectivity index (χ2n) is 5.03. The van der Waals surface area contributed by atoms with Gasteiger partial charge in [-0.1, -0.05) is 19.1 Å². The summed E-state index contributed by atoms with van der Waals surface area (Å²) < 4.78 is 4.99. The van der Waals surface area contributed by atoms with Gasteiger partial charge in [-0.2, -0.15) is 0 Å². The standard InChI is InChI=1S/C18H18O4/c1-3-17(18(21)14-4-8-15(20)9-5-14)13-6-10-16(11-7-13)22-12(2)19/h4-11,17,20H,3H2,1-2H3. The van der Waals surface area contributed by atoms with Crippen LogP contribution in [-0.2, 0) is 4.79 Å². The minimum absolute atomic E-state index is 0.00253. The van der Waals surface area contributed by atoms with E-state index in [2.05, 4.69) is 0 Å². The van der Waals surface area contributed by atoms with E-state index in [4.69, 9.17) is 4.74 Å². The van der Waals surface area contributed by atoms with Gasteiger partial charge in [0.25, 0.3) is 0 Å². The molecule has 0 aliphatic carbocycles. The third kappa shape index (κ3) is 3.73. The van der Waals surface area contributed by atoms with Crippen LogP contribution in [0.2, 0.25) is 0 Å². The number of hydrogen-bond donors (Lipinski definition) is 1. The fraction of sp³-hybridized carbons (Fsp3) is 0.222. The van der Waals surface area contributed by atoms with E-state index in [0.717, 1.165) is 5.56 Å². The first-order valence-corrected chi connectivity index (χ1v) is 7.13. The zero-order valence-corrected chi connectivity index (χ0v) is 12.6. The zero-order valence-electron chi connectivity index (χ0n) is 12.6. The van der Waals surface area contributed by atoms with Gasteiger partial charge in [0, 0.05) is 18.4 Å². The van der Waals surface area contributed by atoms with Gasteiger partial charge in [0.2, 0.25) is 0 Å². The summed E-state index contributed by atoms with van der Waals surface area (Å²) in [5, 5.41) is 9.30. The monoisotopic (exact) mass is 298 g/mol. The number of phenols is 1. The molecule has 4 nitrogen and oxygen atoms in total. The fourth-order valence-electron chi connectivity index (χ4n) is 2.33. The van der Waals surface area contributed by atoms with Crippen molar-refractivity contribution in [1.82, 2.24) is 0 Å². The SMILES string of the molecule is CCC(C(=O)c1ccc(O)cc1)c1ccc(OC(C)=O)cc1. The van der Waals surface area contributed by atoms with Gasteiger partial charge in [0.05, 0.1) is 0 Å². The Hall–Kier alpha value is -2.62. The van der Waals surface area contributed by atoms with Gasteiger partial charge >= 0.3 is 5.97 Å². The minimum Gasteiger partial charge on any atom is -0.508 e. The first-order valence-electron chi connectivity index (χ1n) is 7.13. The Balaban J connectivity index is 2.22. The number of ketones is 1. The van der Waals surface area contributed by atoms with Crippen LogP contribution in [0.5, 0.6) is 11.5 Å². The van der Waals surface area contributed by atoms with Crippen molar-refractivity contribution >= 4 is 11.8 Å². The Kier molecular flexibility index (Phi) is 4.94. The smallest absolute Gasteiger partial charge is 0.308 e. The molecule has 0 aliphatic rings. The van der Waals surface area contributed by atoms with E-state index in [0.29, 0.717) is 17.7 Å². The molecule has 2 aromatic rings.